The van der Waals surface area contributed by atoms with Crippen LogP contribution in [0.4, 0.5) is 5.13 Å². The molecule has 0 atom stereocenters. The van der Waals surface area contributed by atoms with Crippen molar-refractivity contribution >= 4 is 28.3 Å². The zero-order valence-electron chi connectivity index (χ0n) is 15.1. The third kappa shape index (κ3) is 4.28. The van der Waals surface area contributed by atoms with Gasteiger partial charge in [-0.15, -0.1) is 11.3 Å². The number of nitrogens with one attached hydrogen (secondary N) is 2. The van der Waals surface area contributed by atoms with Crippen LogP contribution in [0.15, 0.2) is 30.5 Å². The predicted octanol–water partition coefficient (Wildman–Crippen LogP) is 2.95. The fourth-order valence-electron chi connectivity index (χ4n) is 2.97. The van der Waals surface area contributed by atoms with Gasteiger partial charge in [0.15, 0.2) is 5.13 Å². The number of carbonyl (C=O) groups is 2. The third-order valence-corrected chi connectivity index (χ3v) is 5.75. The minimum Gasteiger partial charge on any atom is -0.342 e. The number of amides is 2. The van der Waals surface area contributed by atoms with Crippen molar-refractivity contribution in [1.82, 2.24) is 15.2 Å². The zero-order valence-corrected chi connectivity index (χ0v) is 15.9. The van der Waals surface area contributed by atoms with Crippen LogP contribution < -0.4 is 10.6 Å². The summed E-state index contributed by atoms with van der Waals surface area (Å²) < 4.78 is 0. The van der Waals surface area contributed by atoms with Crippen LogP contribution in [0.1, 0.15) is 51.3 Å². The summed E-state index contributed by atoms with van der Waals surface area (Å²) in [6.45, 7) is 4.58. The van der Waals surface area contributed by atoms with Crippen LogP contribution in [-0.4, -0.2) is 48.4 Å². The molecule has 2 aromatic rings. The molecular formula is C19H24N4O2S. The highest BCUT2D eigenvalue weighted by Crippen LogP contribution is 2.31. The maximum Gasteiger partial charge on any atom is 0.257 e. The minimum absolute atomic E-state index is 0.0930. The fourth-order valence-corrected chi connectivity index (χ4v) is 3.95. The number of aromatic nitrogens is 1. The Morgan fingerprint density at radius 1 is 1.31 bits per heavy atom. The van der Waals surface area contributed by atoms with Gasteiger partial charge < -0.3 is 10.2 Å². The van der Waals surface area contributed by atoms with Crippen molar-refractivity contribution in [3.63, 3.8) is 0 Å². The first kappa shape index (κ1) is 18.5. The van der Waals surface area contributed by atoms with Gasteiger partial charge in [0, 0.05) is 35.8 Å². The molecule has 1 saturated heterocycles. The highest BCUT2D eigenvalue weighted by molar-refractivity contribution is 7.15. The molecule has 1 aromatic heterocycles. The van der Waals surface area contributed by atoms with E-state index in [1.165, 1.54) is 16.2 Å². The van der Waals surface area contributed by atoms with Gasteiger partial charge in [0.25, 0.3) is 11.8 Å². The van der Waals surface area contributed by atoms with Crippen LogP contribution in [0.2, 0.25) is 0 Å². The summed E-state index contributed by atoms with van der Waals surface area (Å²) in [6, 6.07) is 6.79. The first-order valence-corrected chi connectivity index (χ1v) is 9.73. The number of rotatable bonds is 5. The number of hydrogen-bond donors (Lipinski definition) is 2. The number of nitrogens with zero attached hydrogens (tertiary/aromatic N) is 2. The predicted molar refractivity (Wildman–Crippen MR) is 104 cm³/mol. The largest absolute Gasteiger partial charge is 0.342 e. The average molecular weight is 372 g/mol. The van der Waals surface area contributed by atoms with E-state index in [-0.39, 0.29) is 11.8 Å². The molecule has 6 nitrogen and oxygen atoms in total. The summed E-state index contributed by atoms with van der Waals surface area (Å²) in [5.74, 6) is 0.180. The average Bonchev–Trinajstić information content (AvgIpc) is 3.16. The summed E-state index contributed by atoms with van der Waals surface area (Å²) in [7, 11) is 1.74. The van der Waals surface area contributed by atoms with Crippen LogP contribution in [-0.2, 0) is 0 Å². The molecule has 1 aliphatic heterocycles. The molecule has 7 heteroatoms. The topological polar surface area (TPSA) is 74.3 Å². The van der Waals surface area contributed by atoms with Gasteiger partial charge in [-0.3, -0.25) is 14.9 Å². The van der Waals surface area contributed by atoms with E-state index in [0.717, 1.165) is 25.9 Å². The van der Waals surface area contributed by atoms with Crippen LogP contribution in [0.25, 0.3) is 0 Å². The van der Waals surface area contributed by atoms with Crippen molar-refractivity contribution in [3.05, 3.63) is 46.5 Å². The van der Waals surface area contributed by atoms with Crippen molar-refractivity contribution in [2.75, 3.05) is 32.0 Å². The van der Waals surface area contributed by atoms with Crippen LogP contribution in [0.3, 0.4) is 0 Å². The van der Waals surface area contributed by atoms with Crippen LogP contribution in [0, 0.1) is 0 Å². The molecule has 3 rings (SSSR count). The number of thiazole rings is 1. The van der Waals surface area contributed by atoms with Crippen LogP contribution >= 0.6 is 11.3 Å². The van der Waals surface area contributed by atoms with E-state index in [4.69, 9.17) is 0 Å². The minimum atomic E-state index is -0.245. The molecule has 1 aliphatic rings. The fraction of sp³-hybridized carbons (Fsp3) is 0.421. The lowest BCUT2D eigenvalue weighted by Gasteiger charge is -2.20. The third-order valence-electron chi connectivity index (χ3n) is 4.68. The number of benzene rings is 1. The maximum absolute atomic E-state index is 12.5. The summed E-state index contributed by atoms with van der Waals surface area (Å²) in [5, 5.41) is 6.81. The normalized spacial score (nSPS) is 14.8. The molecule has 2 N–H and O–H groups in total. The molecule has 0 bridgehead atoms. The van der Waals surface area contributed by atoms with E-state index < -0.39 is 0 Å². The first-order chi connectivity index (χ1) is 12.6. The Hall–Kier alpha value is -2.25. The number of hydrogen-bond acceptors (Lipinski definition) is 5. The van der Waals surface area contributed by atoms with Crippen molar-refractivity contribution in [1.29, 1.82) is 0 Å². The van der Waals surface area contributed by atoms with Gasteiger partial charge in [-0.1, -0.05) is 6.07 Å². The second-order valence-electron chi connectivity index (χ2n) is 6.45. The Balaban J connectivity index is 1.68. The molecule has 0 radical (unpaired) electrons. The Bertz CT molecular complexity index is 783. The summed E-state index contributed by atoms with van der Waals surface area (Å²) in [5.41, 5.74) is 0.968. The van der Waals surface area contributed by atoms with Gasteiger partial charge in [-0.05, 0) is 57.0 Å². The Kier molecular flexibility index (Phi) is 6.00. The lowest BCUT2D eigenvalue weighted by atomic mass is 9.97. The molecule has 0 unspecified atom stereocenters. The highest BCUT2D eigenvalue weighted by Gasteiger charge is 2.19. The van der Waals surface area contributed by atoms with Crippen molar-refractivity contribution in [3.8, 4) is 0 Å². The molecule has 138 valence electrons. The Morgan fingerprint density at radius 2 is 2.04 bits per heavy atom. The number of piperidine rings is 1. The van der Waals surface area contributed by atoms with E-state index in [9.17, 15) is 9.59 Å². The molecule has 1 fully saturated rings. The molecule has 2 amide bonds. The first-order valence-electron chi connectivity index (χ1n) is 8.91. The van der Waals surface area contributed by atoms with Crippen molar-refractivity contribution in [2.24, 2.45) is 0 Å². The number of carbonyl (C=O) groups excluding carboxylic acids is 2. The number of anilines is 1. The van der Waals surface area contributed by atoms with Crippen molar-refractivity contribution < 1.29 is 9.59 Å². The molecule has 0 aliphatic carbocycles. The molecule has 1 aromatic carbocycles. The van der Waals surface area contributed by atoms with Crippen molar-refractivity contribution in [2.45, 2.75) is 25.7 Å². The van der Waals surface area contributed by atoms with Gasteiger partial charge in [-0.2, -0.15) is 0 Å². The lowest BCUT2D eigenvalue weighted by molar-refractivity contribution is 0.0802. The zero-order chi connectivity index (χ0) is 18.5. The Labute approximate surface area is 157 Å². The molecule has 0 saturated carbocycles. The van der Waals surface area contributed by atoms with E-state index in [2.05, 4.69) is 15.6 Å². The van der Waals surface area contributed by atoms with Gasteiger partial charge >= 0.3 is 0 Å². The SMILES string of the molecule is CCN(C)C(=O)c1cccc(C(=O)Nc2ncc(C3CCNCC3)s2)c1. The molecule has 2 heterocycles. The quantitative estimate of drug-likeness (QED) is 0.846. The van der Waals surface area contributed by atoms with Gasteiger partial charge in [-0.25, -0.2) is 4.98 Å². The van der Waals surface area contributed by atoms with E-state index in [0.29, 0.717) is 28.7 Å². The van der Waals surface area contributed by atoms with Crippen LogP contribution in [0.5, 0.6) is 0 Å². The van der Waals surface area contributed by atoms with Gasteiger partial charge in [0.2, 0.25) is 0 Å². The smallest absolute Gasteiger partial charge is 0.257 e. The second kappa shape index (κ2) is 8.42. The summed E-state index contributed by atoms with van der Waals surface area (Å²) in [6.07, 6.45) is 4.07. The summed E-state index contributed by atoms with van der Waals surface area (Å²) in [4.78, 5) is 32.0. The molecule has 26 heavy (non-hydrogen) atoms. The Morgan fingerprint density at radius 3 is 2.77 bits per heavy atom. The van der Waals surface area contributed by atoms with E-state index in [1.54, 1.807) is 36.2 Å². The van der Waals surface area contributed by atoms with E-state index in [1.807, 2.05) is 13.1 Å². The van der Waals surface area contributed by atoms with Gasteiger partial charge in [0.05, 0.1) is 0 Å². The van der Waals surface area contributed by atoms with E-state index >= 15 is 0 Å². The second-order valence-corrected chi connectivity index (χ2v) is 7.51. The monoisotopic (exact) mass is 372 g/mol. The lowest BCUT2D eigenvalue weighted by Crippen LogP contribution is -2.26. The highest BCUT2D eigenvalue weighted by atomic mass is 32.1. The van der Waals surface area contributed by atoms with Gasteiger partial charge in [0.1, 0.15) is 0 Å². The maximum atomic E-state index is 12.5. The molecular weight excluding hydrogens is 348 g/mol. The standard InChI is InChI=1S/C19H24N4O2S/c1-3-23(2)18(25)15-6-4-5-14(11-15)17(24)22-19-21-12-16(26-19)13-7-9-20-10-8-13/h4-6,11-13,20H,3,7-10H2,1-2H3,(H,21,22,24). The molecule has 0 spiro atoms. The summed E-state index contributed by atoms with van der Waals surface area (Å²) >= 11 is 1.54.